The lowest BCUT2D eigenvalue weighted by Gasteiger charge is -2.23. The molecule has 0 radical (unpaired) electrons. The Morgan fingerprint density at radius 1 is 0.946 bits per heavy atom. The van der Waals surface area contributed by atoms with Crippen LogP contribution in [0.15, 0.2) is 83.7 Å². The van der Waals surface area contributed by atoms with Crippen molar-refractivity contribution in [3.8, 4) is 17.2 Å². The standard InChI is InChI=1S/C27H23N5O5/c1-36-21-10-6-5-9-20(21)29-27-31-24-23(26(35)32-27)19(15-22(33)30-24)25(34)28-16-11-13-18(14-12-16)37-17-7-3-2-4-8-17/h2-14,19H,15H2,1H3,(H,28,34)(H3,29,30,31,32,33,35). The van der Waals surface area contributed by atoms with Crippen molar-refractivity contribution in [1.29, 1.82) is 0 Å². The number of amides is 2. The Morgan fingerprint density at radius 2 is 1.65 bits per heavy atom. The minimum absolute atomic E-state index is 0.0316. The molecule has 10 nitrogen and oxygen atoms in total. The van der Waals surface area contributed by atoms with Gasteiger partial charge in [-0.2, -0.15) is 4.98 Å². The van der Waals surface area contributed by atoms with Crippen molar-refractivity contribution < 1.29 is 19.1 Å². The largest absolute Gasteiger partial charge is 0.495 e. The third-order valence-corrected chi connectivity index (χ3v) is 5.73. The van der Waals surface area contributed by atoms with Crippen LogP contribution >= 0.6 is 0 Å². The first-order chi connectivity index (χ1) is 18.0. The molecule has 0 spiro atoms. The van der Waals surface area contributed by atoms with Gasteiger partial charge >= 0.3 is 0 Å². The molecular weight excluding hydrogens is 474 g/mol. The van der Waals surface area contributed by atoms with Gasteiger partial charge in [-0.05, 0) is 48.5 Å². The van der Waals surface area contributed by atoms with Crippen LogP contribution in [0.25, 0.3) is 0 Å². The van der Waals surface area contributed by atoms with Crippen LogP contribution < -0.4 is 31.0 Å². The number of nitrogens with zero attached hydrogens (tertiary/aromatic N) is 1. The highest BCUT2D eigenvalue weighted by Gasteiger charge is 2.34. The summed E-state index contributed by atoms with van der Waals surface area (Å²) in [7, 11) is 1.52. The summed E-state index contributed by atoms with van der Waals surface area (Å²) in [5.74, 6) is 0.0431. The van der Waals surface area contributed by atoms with E-state index in [4.69, 9.17) is 9.47 Å². The highest BCUT2D eigenvalue weighted by molar-refractivity contribution is 6.04. The minimum atomic E-state index is -1.01. The summed E-state index contributed by atoms with van der Waals surface area (Å²) in [4.78, 5) is 45.5. The zero-order valence-electron chi connectivity index (χ0n) is 19.8. The number of carbonyl (C=O) groups excluding carboxylic acids is 2. The van der Waals surface area contributed by atoms with Gasteiger partial charge in [-0.3, -0.25) is 19.4 Å². The van der Waals surface area contributed by atoms with E-state index >= 15 is 0 Å². The lowest BCUT2D eigenvalue weighted by Crippen LogP contribution is -2.36. The zero-order chi connectivity index (χ0) is 25.8. The molecular formula is C27H23N5O5. The first-order valence-electron chi connectivity index (χ1n) is 11.5. The number of ether oxygens (including phenoxy) is 2. The summed E-state index contributed by atoms with van der Waals surface area (Å²) in [6, 6.07) is 23.2. The normalized spacial score (nSPS) is 14.2. The molecule has 1 unspecified atom stereocenters. The Hall–Kier alpha value is -5.12. The highest BCUT2D eigenvalue weighted by atomic mass is 16.5. The van der Waals surface area contributed by atoms with E-state index in [0.717, 1.165) is 0 Å². The van der Waals surface area contributed by atoms with E-state index in [2.05, 4.69) is 25.9 Å². The lowest BCUT2D eigenvalue weighted by molar-refractivity contribution is -0.123. The molecule has 0 saturated carbocycles. The molecule has 1 aliphatic heterocycles. The smallest absolute Gasteiger partial charge is 0.258 e. The molecule has 2 amide bonds. The molecule has 186 valence electrons. The molecule has 0 fully saturated rings. The number of hydrogen-bond donors (Lipinski definition) is 4. The minimum Gasteiger partial charge on any atom is -0.495 e. The van der Waals surface area contributed by atoms with Gasteiger partial charge in [-0.1, -0.05) is 30.3 Å². The molecule has 1 aromatic heterocycles. The number of aromatic nitrogens is 2. The lowest BCUT2D eigenvalue weighted by atomic mass is 9.92. The Morgan fingerprint density at radius 3 is 2.41 bits per heavy atom. The van der Waals surface area contributed by atoms with Crippen LogP contribution in [0.1, 0.15) is 17.9 Å². The van der Waals surface area contributed by atoms with Gasteiger partial charge in [-0.25, -0.2) is 0 Å². The van der Waals surface area contributed by atoms with Crippen LogP contribution in [0, 0.1) is 0 Å². The van der Waals surface area contributed by atoms with Gasteiger partial charge in [0.15, 0.2) is 0 Å². The molecule has 0 saturated heterocycles. The predicted octanol–water partition coefficient (Wildman–Crippen LogP) is 4.38. The van der Waals surface area contributed by atoms with Crippen molar-refractivity contribution in [1.82, 2.24) is 9.97 Å². The van der Waals surface area contributed by atoms with E-state index in [1.807, 2.05) is 30.3 Å². The van der Waals surface area contributed by atoms with E-state index < -0.39 is 23.3 Å². The maximum absolute atomic E-state index is 13.1. The fourth-order valence-corrected chi connectivity index (χ4v) is 3.99. The van der Waals surface area contributed by atoms with Crippen LogP contribution in [0.2, 0.25) is 0 Å². The van der Waals surface area contributed by atoms with Gasteiger partial charge in [0.25, 0.3) is 5.56 Å². The van der Waals surface area contributed by atoms with Gasteiger partial charge in [0, 0.05) is 12.1 Å². The Labute approximate surface area is 211 Å². The summed E-state index contributed by atoms with van der Waals surface area (Å²) in [5, 5.41) is 8.35. The number of aromatic amines is 1. The van der Waals surface area contributed by atoms with Crippen molar-refractivity contribution in [3.63, 3.8) is 0 Å². The zero-order valence-corrected chi connectivity index (χ0v) is 19.8. The molecule has 2 heterocycles. The second kappa shape index (κ2) is 10.2. The number of benzene rings is 3. The summed E-state index contributed by atoms with van der Waals surface area (Å²) >= 11 is 0. The van der Waals surface area contributed by atoms with Gasteiger partial charge in [0.1, 0.15) is 23.1 Å². The van der Waals surface area contributed by atoms with Crippen LogP contribution in [-0.4, -0.2) is 28.9 Å². The number of carbonyl (C=O) groups is 2. The molecule has 0 aliphatic carbocycles. The molecule has 37 heavy (non-hydrogen) atoms. The van der Waals surface area contributed by atoms with Crippen molar-refractivity contribution >= 4 is 35.0 Å². The van der Waals surface area contributed by atoms with Crippen molar-refractivity contribution in [2.75, 3.05) is 23.1 Å². The maximum atomic E-state index is 13.1. The molecule has 4 N–H and O–H groups in total. The molecule has 4 aromatic rings. The molecule has 3 aromatic carbocycles. The average molecular weight is 498 g/mol. The number of H-pyrrole nitrogens is 1. The summed E-state index contributed by atoms with van der Waals surface area (Å²) < 4.78 is 11.1. The Bertz CT molecular complexity index is 1500. The number of fused-ring (bicyclic) bond motifs is 1. The summed E-state index contributed by atoms with van der Waals surface area (Å²) in [5.41, 5.74) is 0.627. The Balaban J connectivity index is 1.34. The number of hydrogen-bond acceptors (Lipinski definition) is 7. The Kier molecular flexibility index (Phi) is 6.54. The SMILES string of the molecule is COc1ccccc1Nc1nc2c(c(=O)[nH]1)C(C(=O)Nc1ccc(Oc3ccccc3)cc1)CC(=O)N2. The molecule has 1 aliphatic rings. The van der Waals surface area contributed by atoms with Crippen molar-refractivity contribution in [2.24, 2.45) is 0 Å². The van der Waals surface area contributed by atoms with Crippen molar-refractivity contribution in [2.45, 2.75) is 12.3 Å². The topological polar surface area (TPSA) is 134 Å². The first kappa shape index (κ1) is 23.6. The van der Waals surface area contributed by atoms with Crippen LogP contribution in [0.4, 0.5) is 23.1 Å². The third kappa shape index (κ3) is 5.27. The molecule has 1 atom stereocenters. The molecule has 5 rings (SSSR count). The van der Waals surface area contributed by atoms with E-state index in [-0.39, 0.29) is 23.8 Å². The van der Waals surface area contributed by atoms with E-state index in [1.54, 1.807) is 48.5 Å². The summed E-state index contributed by atoms with van der Waals surface area (Å²) in [6.07, 6.45) is -0.182. The molecule has 0 bridgehead atoms. The number of para-hydroxylation sites is 3. The van der Waals surface area contributed by atoms with Crippen molar-refractivity contribution in [3.05, 3.63) is 94.8 Å². The van der Waals surface area contributed by atoms with E-state index in [0.29, 0.717) is 28.6 Å². The highest BCUT2D eigenvalue weighted by Crippen LogP contribution is 2.32. The third-order valence-electron chi connectivity index (χ3n) is 5.73. The van der Waals surface area contributed by atoms with Gasteiger partial charge in [0.2, 0.25) is 17.8 Å². The average Bonchev–Trinajstić information content (AvgIpc) is 2.90. The van der Waals surface area contributed by atoms with E-state index in [1.165, 1.54) is 7.11 Å². The fourth-order valence-electron chi connectivity index (χ4n) is 3.99. The predicted molar refractivity (Wildman–Crippen MR) is 139 cm³/mol. The fraction of sp³-hybridized carbons (Fsp3) is 0.111. The quantitative estimate of drug-likeness (QED) is 0.298. The maximum Gasteiger partial charge on any atom is 0.258 e. The van der Waals surface area contributed by atoms with Gasteiger partial charge in [0.05, 0.1) is 24.3 Å². The second-order valence-corrected chi connectivity index (χ2v) is 8.24. The molecule has 10 heteroatoms. The van der Waals surface area contributed by atoms with Crippen LogP contribution in [0.5, 0.6) is 17.2 Å². The second-order valence-electron chi connectivity index (χ2n) is 8.24. The van der Waals surface area contributed by atoms with E-state index in [9.17, 15) is 14.4 Å². The van der Waals surface area contributed by atoms with Gasteiger partial charge < -0.3 is 25.4 Å². The van der Waals surface area contributed by atoms with Gasteiger partial charge in [-0.15, -0.1) is 0 Å². The summed E-state index contributed by atoms with van der Waals surface area (Å²) in [6.45, 7) is 0. The number of nitrogens with one attached hydrogen (secondary N) is 4. The monoisotopic (exact) mass is 497 g/mol. The number of methoxy groups -OCH3 is 1. The van der Waals surface area contributed by atoms with Crippen LogP contribution in [0.3, 0.4) is 0 Å². The number of rotatable bonds is 7. The first-order valence-corrected chi connectivity index (χ1v) is 11.5. The van der Waals surface area contributed by atoms with Crippen LogP contribution in [-0.2, 0) is 9.59 Å². The number of anilines is 4.